The summed E-state index contributed by atoms with van der Waals surface area (Å²) in [6, 6.07) is 0. The second kappa shape index (κ2) is 3.35. The number of hydrogen-bond donors (Lipinski definition) is 0. The Balaban J connectivity index is 2.09. The lowest BCUT2D eigenvalue weighted by atomic mass is 9.70. The van der Waals surface area contributed by atoms with Crippen LogP contribution in [0, 0.1) is 11.8 Å². The summed E-state index contributed by atoms with van der Waals surface area (Å²) in [5.74, 6) is -1.96. The van der Waals surface area contributed by atoms with Gasteiger partial charge in [0.1, 0.15) is 23.5 Å². The summed E-state index contributed by atoms with van der Waals surface area (Å²) in [5.41, 5.74) is -1.54. The van der Waals surface area contributed by atoms with Crippen LogP contribution in [0.3, 0.4) is 0 Å². The van der Waals surface area contributed by atoms with Crippen LogP contribution in [0.15, 0.2) is 12.2 Å². The molecule has 0 aromatic heterocycles. The van der Waals surface area contributed by atoms with E-state index in [1.165, 1.54) is 7.11 Å². The molecular weight excluding hydrogens is 236 g/mol. The topological polar surface area (TPSA) is 61.8 Å². The maximum atomic E-state index is 12.0. The van der Waals surface area contributed by atoms with E-state index in [-0.39, 0.29) is 12.1 Å². The SMILES string of the molecule is CC[C@H]1OC(=O)[C@H]2[C@H](C(=O)OC)[C@]3(C)C=C[C@]12O3. The lowest BCUT2D eigenvalue weighted by molar-refractivity contribution is -0.160. The third kappa shape index (κ3) is 1.11. The molecule has 0 unspecified atom stereocenters. The molecule has 0 aromatic carbocycles. The van der Waals surface area contributed by atoms with Crippen molar-refractivity contribution in [2.75, 3.05) is 7.11 Å². The Bertz CT molecular complexity index is 456. The second-order valence-corrected chi connectivity index (χ2v) is 5.29. The van der Waals surface area contributed by atoms with E-state index in [4.69, 9.17) is 14.2 Å². The Morgan fingerprint density at radius 3 is 2.83 bits per heavy atom. The first-order valence-corrected chi connectivity index (χ1v) is 6.17. The first-order chi connectivity index (χ1) is 8.48. The standard InChI is InChI=1S/C13H16O5/c1-4-7-13-6-5-12(2,18-13)8(10(14)16-3)9(13)11(15)17-7/h5-9H,4H2,1-3H3/t7-,8-,9-,12+,13+/m1/s1. The molecule has 5 heteroatoms. The van der Waals surface area contributed by atoms with Crippen molar-refractivity contribution in [1.29, 1.82) is 0 Å². The molecular formula is C13H16O5. The Kier molecular flexibility index (Phi) is 2.18. The van der Waals surface area contributed by atoms with Gasteiger partial charge in [0.2, 0.25) is 0 Å². The largest absolute Gasteiger partial charge is 0.469 e. The molecule has 0 amide bonds. The molecule has 3 heterocycles. The molecule has 0 saturated carbocycles. The van der Waals surface area contributed by atoms with Gasteiger partial charge in [-0.1, -0.05) is 13.0 Å². The van der Waals surface area contributed by atoms with Crippen molar-refractivity contribution in [1.82, 2.24) is 0 Å². The molecule has 3 rings (SSSR count). The number of carbonyl (C=O) groups excluding carboxylic acids is 2. The molecule has 2 bridgehead atoms. The third-order valence-electron chi connectivity index (χ3n) is 4.35. The van der Waals surface area contributed by atoms with Crippen LogP contribution in [0.4, 0.5) is 0 Å². The molecule has 5 atom stereocenters. The van der Waals surface area contributed by atoms with Gasteiger partial charge in [-0.05, 0) is 19.4 Å². The van der Waals surface area contributed by atoms with E-state index >= 15 is 0 Å². The van der Waals surface area contributed by atoms with E-state index in [0.29, 0.717) is 6.42 Å². The minimum Gasteiger partial charge on any atom is -0.469 e. The van der Waals surface area contributed by atoms with Gasteiger partial charge in [-0.15, -0.1) is 0 Å². The van der Waals surface area contributed by atoms with Crippen LogP contribution in [0.5, 0.6) is 0 Å². The van der Waals surface area contributed by atoms with Gasteiger partial charge in [0.15, 0.2) is 0 Å². The van der Waals surface area contributed by atoms with Gasteiger partial charge < -0.3 is 14.2 Å². The van der Waals surface area contributed by atoms with Gasteiger partial charge in [0.25, 0.3) is 0 Å². The number of methoxy groups -OCH3 is 1. The molecule has 1 spiro atoms. The number of rotatable bonds is 2. The summed E-state index contributed by atoms with van der Waals surface area (Å²) in [6.45, 7) is 3.76. The highest BCUT2D eigenvalue weighted by Gasteiger charge is 2.74. The number of fused-ring (bicyclic) bond motifs is 1. The fraction of sp³-hybridized carbons (Fsp3) is 0.692. The van der Waals surface area contributed by atoms with Crippen molar-refractivity contribution in [3.8, 4) is 0 Å². The van der Waals surface area contributed by atoms with Crippen molar-refractivity contribution >= 4 is 11.9 Å². The number of hydrogen-bond acceptors (Lipinski definition) is 5. The summed E-state index contributed by atoms with van der Waals surface area (Å²) in [5, 5.41) is 0. The fourth-order valence-electron chi connectivity index (χ4n) is 3.57. The average molecular weight is 252 g/mol. The molecule has 2 saturated heterocycles. The van der Waals surface area contributed by atoms with Gasteiger partial charge in [0, 0.05) is 0 Å². The molecule has 5 nitrogen and oxygen atoms in total. The van der Waals surface area contributed by atoms with E-state index in [1.807, 2.05) is 26.0 Å². The summed E-state index contributed by atoms with van der Waals surface area (Å²) in [7, 11) is 1.33. The lowest BCUT2D eigenvalue weighted by Crippen LogP contribution is -2.43. The van der Waals surface area contributed by atoms with E-state index in [0.717, 1.165) is 0 Å². The van der Waals surface area contributed by atoms with Crippen LogP contribution in [0.2, 0.25) is 0 Å². The summed E-state index contributed by atoms with van der Waals surface area (Å²) >= 11 is 0. The minimum atomic E-state index is -0.778. The molecule has 0 N–H and O–H groups in total. The zero-order valence-electron chi connectivity index (χ0n) is 10.6. The highest BCUT2D eigenvalue weighted by atomic mass is 16.6. The Labute approximate surface area is 105 Å². The van der Waals surface area contributed by atoms with Crippen LogP contribution in [0.1, 0.15) is 20.3 Å². The van der Waals surface area contributed by atoms with E-state index in [9.17, 15) is 9.59 Å². The van der Waals surface area contributed by atoms with Gasteiger partial charge in [-0.3, -0.25) is 9.59 Å². The van der Waals surface area contributed by atoms with Crippen molar-refractivity contribution in [2.24, 2.45) is 11.8 Å². The zero-order chi connectivity index (χ0) is 13.1. The first-order valence-electron chi connectivity index (χ1n) is 6.17. The quantitative estimate of drug-likeness (QED) is 0.538. The van der Waals surface area contributed by atoms with Gasteiger partial charge in [-0.25, -0.2) is 0 Å². The highest BCUT2D eigenvalue weighted by molar-refractivity contribution is 5.88. The van der Waals surface area contributed by atoms with Crippen LogP contribution < -0.4 is 0 Å². The molecule has 3 aliphatic heterocycles. The molecule has 18 heavy (non-hydrogen) atoms. The molecule has 98 valence electrons. The minimum absolute atomic E-state index is 0.317. The lowest BCUT2D eigenvalue weighted by Gasteiger charge is -2.25. The molecule has 0 radical (unpaired) electrons. The molecule has 3 aliphatic rings. The summed E-state index contributed by atoms with van der Waals surface area (Å²) in [4.78, 5) is 24.0. The van der Waals surface area contributed by atoms with Crippen LogP contribution in [-0.4, -0.2) is 36.4 Å². The van der Waals surface area contributed by atoms with Crippen molar-refractivity contribution in [3.63, 3.8) is 0 Å². The monoisotopic (exact) mass is 252 g/mol. The van der Waals surface area contributed by atoms with Gasteiger partial charge >= 0.3 is 11.9 Å². The number of ether oxygens (including phenoxy) is 3. The maximum absolute atomic E-state index is 12.0. The molecule has 0 aromatic rings. The summed E-state index contributed by atoms with van der Waals surface area (Å²) in [6.07, 6.45) is 4.09. The van der Waals surface area contributed by atoms with Gasteiger partial charge in [-0.2, -0.15) is 0 Å². The normalized spacial score (nSPS) is 48.2. The molecule has 2 fully saturated rings. The Morgan fingerprint density at radius 2 is 2.22 bits per heavy atom. The van der Waals surface area contributed by atoms with E-state index in [1.54, 1.807) is 0 Å². The zero-order valence-corrected chi connectivity index (χ0v) is 10.6. The maximum Gasteiger partial charge on any atom is 0.313 e. The van der Waals surface area contributed by atoms with Gasteiger partial charge in [0.05, 0.1) is 12.7 Å². The van der Waals surface area contributed by atoms with Crippen molar-refractivity contribution < 1.29 is 23.8 Å². The Hall–Kier alpha value is -1.36. The first kappa shape index (κ1) is 11.7. The fourth-order valence-corrected chi connectivity index (χ4v) is 3.57. The van der Waals surface area contributed by atoms with Crippen LogP contribution in [-0.2, 0) is 23.8 Å². The van der Waals surface area contributed by atoms with Crippen LogP contribution >= 0.6 is 0 Å². The predicted molar refractivity (Wildman–Crippen MR) is 60.5 cm³/mol. The number of cyclic esters (lactones) is 1. The van der Waals surface area contributed by atoms with E-state index < -0.39 is 29.0 Å². The number of carbonyl (C=O) groups is 2. The molecule has 0 aliphatic carbocycles. The smallest absolute Gasteiger partial charge is 0.313 e. The van der Waals surface area contributed by atoms with Crippen LogP contribution in [0.25, 0.3) is 0 Å². The van der Waals surface area contributed by atoms with Crippen molar-refractivity contribution in [3.05, 3.63) is 12.2 Å². The average Bonchev–Trinajstić information content (AvgIpc) is 2.92. The second-order valence-electron chi connectivity index (χ2n) is 5.29. The predicted octanol–water partition coefficient (Wildman–Crippen LogP) is 0.825. The van der Waals surface area contributed by atoms with Crippen molar-refractivity contribution in [2.45, 2.75) is 37.6 Å². The third-order valence-corrected chi connectivity index (χ3v) is 4.35. The van der Waals surface area contributed by atoms with E-state index in [2.05, 4.69) is 0 Å². The number of esters is 2. The summed E-state index contributed by atoms with van der Waals surface area (Å²) < 4.78 is 16.2. The highest BCUT2D eigenvalue weighted by Crippen LogP contribution is 2.59. The Morgan fingerprint density at radius 1 is 1.50 bits per heavy atom.